The number of rotatable bonds is 4. The highest BCUT2D eigenvalue weighted by molar-refractivity contribution is 5.94. The van der Waals surface area contributed by atoms with E-state index >= 15 is 0 Å². The minimum Gasteiger partial charge on any atom is -0.477 e. The molecule has 1 aromatic heterocycles. The van der Waals surface area contributed by atoms with Gasteiger partial charge in [0.1, 0.15) is 11.4 Å². The van der Waals surface area contributed by atoms with Gasteiger partial charge in [-0.15, -0.1) is 0 Å². The van der Waals surface area contributed by atoms with Crippen LogP contribution in [0, 0.1) is 6.92 Å². The zero-order valence-corrected chi connectivity index (χ0v) is 11.0. The summed E-state index contributed by atoms with van der Waals surface area (Å²) < 4.78 is 0. The maximum atomic E-state index is 11.9. The largest absolute Gasteiger partial charge is 0.477 e. The molecule has 2 aromatic rings. The molecule has 0 saturated carbocycles. The first-order chi connectivity index (χ1) is 9.56. The molecule has 2 N–H and O–H groups in total. The lowest BCUT2D eigenvalue weighted by molar-refractivity contribution is 0.0690. The molecule has 0 aliphatic carbocycles. The third-order valence-electron chi connectivity index (χ3n) is 2.77. The Balaban J connectivity index is 2.03. The van der Waals surface area contributed by atoms with Crippen LogP contribution in [0.3, 0.4) is 0 Å². The van der Waals surface area contributed by atoms with Crippen molar-refractivity contribution in [3.8, 4) is 0 Å². The highest BCUT2D eigenvalue weighted by Gasteiger charge is 2.10. The summed E-state index contributed by atoms with van der Waals surface area (Å²) in [7, 11) is 0. The summed E-state index contributed by atoms with van der Waals surface area (Å²) in [6.45, 7) is 2.36. The number of amides is 1. The highest BCUT2D eigenvalue weighted by atomic mass is 16.4. The third kappa shape index (κ3) is 3.41. The minimum absolute atomic E-state index is 0.0945. The van der Waals surface area contributed by atoms with Gasteiger partial charge >= 0.3 is 5.97 Å². The molecule has 0 aliphatic heterocycles. The van der Waals surface area contributed by atoms with Crippen molar-refractivity contribution < 1.29 is 14.7 Å². The van der Waals surface area contributed by atoms with Crippen LogP contribution in [0.25, 0.3) is 0 Å². The molecule has 0 spiro atoms. The van der Waals surface area contributed by atoms with E-state index in [1.54, 1.807) is 0 Å². The number of hydrogen-bond acceptors (Lipinski definition) is 3. The summed E-state index contributed by atoms with van der Waals surface area (Å²) in [4.78, 5) is 26.5. The molecule has 0 unspecified atom stereocenters. The van der Waals surface area contributed by atoms with E-state index in [9.17, 15) is 9.59 Å². The second kappa shape index (κ2) is 5.97. The smallest absolute Gasteiger partial charge is 0.354 e. The Kier molecular flexibility index (Phi) is 4.10. The molecule has 5 heteroatoms. The summed E-state index contributed by atoms with van der Waals surface area (Å²) in [6, 6.07) is 12.1. The second-order valence-corrected chi connectivity index (χ2v) is 4.38. The average Bonchev–Trinajstić information content (AvgIpc) is 2.46. The monoisotopic (exact) mass is 270 g/mol. The molecule has 0 bridgehead atoms. The minimum atomic E-state index is -1.15. The van der Waals surface area contributed by atoms with Gasteiger partial charge in [-0.1, -0.05) is 35.9 Å². The van der Waals surface area contributed by atoms with E-state index in [1.807, 2.05) is 31.2 Å². The molecule has 102 valence electrons. The van der Waals surface area contributed by atoms with Crippen molar-refractivity contribution in [2.75, 3.05) is 0 Å². The molecular weight excluding hydrogens is 256 g/mol. The molecule has 1 amide bonds. The number of pyridine rings is 1. The van der Waals surface area contributed by atoms with Crippen molar-refractivity contribution in [2.45, 2.75) is 13.5 Å². The predicted octanol–water partition coefficient (Wildman–Crippen LogP) is 2.02. The molecule has 1 heterocycles. The Bertz CT molecular complexity index is 636. The fraction of sp³-hybridized carbons (Fsp3) is 0.133. The Morgan fingerprint density at radius 3 is 2.40 bits per heavy atom. The number of carboxylic acid groups (broad SMARTS) is 1. The van der Waals surface area contributed by atoms with Crippen LogP contribution in [-0.4, -0.2) is 22.0 Å². The Hall–Kier alpha value is -2.69. The van der Waals surface area contributed by atoms with Gasteiger partial charge in [0.25, 0.3) is 5.91 Å². The van der Waals surface area contributed by atoms with Gasteiger partial charge in [-0.3, -0.25) is 4.79 Å². The number of aromatic carboxylic acids is 1. The quantitative estimate of drug-likeness (QED) is 0.890. The first kappa shape index (κ1) is 13.7. The lowest BCUT2D eigenvalue weighted by Crippen LogP contribution is -2.24. The third-order valence-corrected chi connectivity index (χ3v) is 2.77. The van der Waals surface area contributed by atoms with Gasteiger partial charge in [0.05, 0.1) is 0 Å². The number of aromatic nitrogens is 1. The number of carbonyl (C=O) groups excluding carboxylic acids is 1. The van der Waals surface area contributed by atoms with Gasteiger partial charge in [0.15, 0.2) is 0 Å². The van der Waals surface area contributed by atoms with Crippen molar-refractivity contribution >= 4 is 11.9 Å². The van der Waals surface area contributed by atoms with E-state index in [4.69, 9.17) is 5.11 Å². The molecule has 0 radical (unpaired) electrons. The van der Waals surface area contributed by atoms with Crippen molar-refractivity contribution in [3.05, 3.63) is 65.0 Å². The van der Waals surface area contributed by atoms with Crippen molar-refractivity contribution in [1.82, 2.24) is 10.3 Å². The van der Waals surface area contributed by atoms with E-state index < -0.39 is 11.9 Å². The van der Waals surface area contributed by atoms with Crippen LogP contribution >= 0.6 is 0 Å². The van der Waals surface area contributed by atoms with Crippen molar-refractivity contribution in [1.29, 1.82) is 0 Å². The molecule has 1 aromatic carbocycles. The normalized spacial score (nSPS) is 10.1. The molecule has 2 rings (SSSR count). The van der Waals surface area contributed by atoms with Gasteiger partial charge in [0, 0.05) is 6.54 Å². The Morgan fingerprint density at radius 2 is 1.75 bits per heavy atom. The summed E-state index contributed by atoms with van der Waals surface area (Å²) in [6.07, 6.45) is 0. The Labute approximate surface area is 116 Å². The number of carboxylic acids is 1. The number of nitrogens with zero attached hydrogens (tertiary/aromatic N) is 1. The van der Waals surface area contributed by atoms with Crippen LogP contribution in [0.1, 0.15) is 32.1 Å². The lowest BCUT2D eigenvalue weighted by atomic mass is 10.1. The maximum Gasteiger partial charge on any atom is 0.354 e. The Morgan fingerprint density at radius 1 is 1.10 bits per heavy atom. The standard InChI is InChI=1S/C15H14N2O3/c1-10-5-7-11(8-6-10)9-16-14(18)12-3-2-4-13(17-12)15(19)20/h2-8H,9H2,1H3,(H,16,18)(H,19,20). The van der Waals surface area contributed by atoms with E-state index in [2.05, 4.69) is 10.3 Å². The molecule has 0 aliphatic rings. The summed E-state index contributed by atoms with van der Waals surface area (Å²) in [5.74, 6) is -1.55. The van der Waals surface area contributed by atoms with Crippen LogP contribution in [0.4, 0.5) is 0 Å². The predicted molar refractivity (Wildman–Crippen MR) is 73.5 cm³/mol. The fourth-order valence-corrected chi connectivity index (χ4v) is 1.66. The van der Waals surface area contributed by atoms with Gasteiger partial charge in [-0.2, -0.15) is 0 Å². The van der Waals surface area contributed by atoms with Crippen LogP contribution in [0.2, 0.25) is 0 Å². The maximum absolute atomic E-state index is 11.9. The zero-order chi connectivity index (χ0) is 14.5. The van der Waals surface area contributed by atoms with Gasteiger partial charge in [0.2, 0.25) is 0 Å². The summed E-state index contributed by atoms with van der Waals surface area (Å²) in [5.41, 5.74) is 2.07. The van der Waals surface area contributed by atoms with Gasteiger partial charge < -0.3 is 10.4 Å². The van der Waals surface area contributed by atoms with Crippen LogP contribution < -0.4 is 5.32 Å². The van der Waals surface area contributed by atoms with Crippen molar-refractivity contribution in [2.24, 2.45) is 0 Å². The first-order valence-corrected chi connectivity index (χ1v) is 6.10. The van der Waals surface area contributed by atoms with E-state index in [1.165, 1.54) is 18.2 Å². The van der Waals surface area contributed by atoms with E-state index in [0.717, 1.165) is 11.1 Å². The number of carbonyl (C=O) groups is 2. The lowest BCUT2D eigenvalue weighted by Gasteiger charge is -2.05. The molecule has 20 heavy (non-hydrogen) atoms. The van der Waals surface area contributed by atoms with Crippen LogP contribution in [0.5, 0.6) is 0 Å². The molecule has 0 fully saturated rings. The molecule has 0 atom stereocenters. The summed E-state index contributed by atoms with van der Waals surface area (Å²) >= 11 is 0. The average molecular weight is 270 g/mol. The first-order valence-electron chi connectivity index (χ1n) is 6.10. The van der Waals surface area contributed by atoms with Gasteiger partial charge in [-0.05, 0) is 24.6 Å². The number of benzene rings is 1. The SMILES string of the molecule is Cc1ccc(CNC(=O)c2cccc(C(=O)O)n2)cc1. The second-order valence-electron chi connectivity index (χ2n) is 4.38. The fourth-order valence-electron chi connectivity index (χ4n) is 1.66. The molecular formula is C15H14N2O3. The van der Waals surface area contributed by atoms with Crippen LogP contribution in [0.15, 0.2) is 42.5 Å². The summed E-state index contributed by atoms with van der Waals surface area (Å²) in [5, 5.41) is 11.5. The number of aryl methyl sites for hydroxylation is 1. The van der Waals surface area contributed by atoms with Crippen molar-refractivity contribution in [3.63, 3.8) is 0 Å². The van der Waals surface area contributed by atoms with Crippen LogP contribution in [-0.2, 0) is 6.54 Å². The molecule has 5 nitrogen and oxygen atoms in total. The van der Waals surface area contributed by atoms with E-state index in [-0.39, 0.29) is 11.4 Å². The highest BCUT2D eigenvalue weighted by Crippen LogP contribution is 2.04. The molecule has 0 saturated heterocycles. The number of nitrogens with one attached hydrogen (secondary N) is 1. The van der Waals surface area contributed by atoms with E-state index in [0.29, 0.717) is 6.54 Å². The zero-order valence-electron chi connectivity index (χ0n) is 11.0. The number of hydrogen-bond donors (Lipinski definition) is 2. The topological polar surface area (TPSA) is 79.3 Å². The van der Waals surface area contributed by atoms with Gasteiger partial charge in [-0.25, -0.2) is 9.78 Å².